The molecule has 1 amide bonds. The van der Waals surface area contributed by atoms with Crippen LogP contribution in [0.5, 0.6) is 0 Å². The van der Waals surface area contributed by atoms with E-state index in [2.05, 4.69) is 14.7 Å². The summed E-state index contributed by atoms with van der Waals surface area (Å²) in [7, 11) is -2.82. The number of benzene rings is 1. The Bertz CT molecular complexity index is 986. The fourth-order valence-electron chi connectivity index (χ4n) is 2.29. The summed E-state index contributed by atoms with van der Waals surface area (Å²) in [4.78, 5) is 16.6. The van der Waals surface area contributed by atoms with Crippen molar-refractivity contribution in [2.75, 3.05) is 7.05 Å². The van der Waals surface area contributed by atoms with Crippen molar-refractivity contribution in [2.45, 2.75) is 6.54 Å². The summed E-state index contributed by atoms with van der Waals surface area (Å²) in [5.41, 5.74) is 0.995. The van der Waals surface area contributed by atoms with E-state index in [-0.39, 0.29) is 18.0 Å². The number of carbonyl (C=O) groups excluding carboxylic acids is 1. The second-order valence-electron chi connectivity index (χ2n) is 5.46. The lowest BCUT2D eigenvalue weighted by molar-refractivity contribution is -0.118. The van der Waals surface area contributed by atoms with Crippen molar-refractivity contribution in [3.63, 3.8) is 0 Å². The van der Waals surface area contributed by atoms with Gasteiger partial charge in [-0.1, -0.05) is 6.07 Å². The molecule has 0 unspecified atom stereocenters. The number of hydrogen-bond donors (Lipinski definition) is 1. The summed E-state index contributed by atoms with van der Waals surface area (Å²) >= 11 is 0. The van der Waals surface area contributed by atoms with Gasteiger partial charge in [0, 0.05) is 18.8 Å². The third kappa shape index (κ3) is 3.77. The summed E-state index contributed by atoms with van der Waals surface area (Å²) in [5.74, 6) is -1.04. The predicted molar refractivity (Wildman–Crippen MR) is 93.8 cm³/mol. The average molecular weight is 374 g/mol. The SMILES string of the molecule is CN1C(C(=O)NCc2ccccn2)=CC(c2ccc(F)cc2)=NS1(=O)=O. The number of nitrogens with zero attached hydrogens (tertiary/aromatic N) is 3. The first-order valence-electron chi connectivity index (χ1n) is 7.61. The maximum atomic E-state index is 13.1. The van der Waals surface area contributed by atoms with Gasteiger partial charge in [-0.05, 0) is 42.5 Å². The third-order valence-electron chi connectivity index (χ3n) is 3.70. The van der Waals surface area contributed by atoms with Crippen LogP contribution in [0.15, 0.2) is 64.8 Å². The van der Waals surface area contributed by atoms with Crippen molar-refractivity contribution in [2.24, 2.45) is 4.40 Å². The molecule has 134 valence electrons. The Hall–Kier alpha value is -3.07. The first kappa shape index (κ1) is 17.7. The molecule has 3 rings (SSSR count). The minimum Gasteiger partial charge on any atom is -0.345 e. The van der Waals surface area contributed by atoms with Crippen LogP contribution in [0.25, 0.3) is 0 Å². The fourth-order valence-corrected chi connectivity index (χ4v) is 3.20. The number of halogens is 1. The molecule has 0 saturated heterocycles. The number of pyridine rings is 1. The second kappa shape index (κ2) is 7.04. The van der Waals surface area contributed by atoms with Gasteiger partial charge in [-0.15, -0.1) is 4.40 Å². The number of likely N-dealkylation sites (N-methyl/N-ethyl adjacent to an activating group) is 1. The van der Waals surface area contributed by atoms with E-state index in [0.717, 1.165) is 4.31 Å². The highest BCUT2D eigenvalue weighted by Crippen LogP contribution is 2.20. The van der Waals surface area contributed by atoms with Crippen LogP contribution in [0.3, 0.4) is 0 Å². The first-order chi connectivity index (χ1) is 12.4. The van der Waals surface area contributed by atoms with E-state index in [1.807, 2.05) is 0 Å². The summed E-state index contributed by atoms with van der Waals surface area (Å²) in [5, 5.41) is 2.63. The van der Waals surface area contributed by atoms with Gasteiger partial charge in [-0.3, -0.25) is 9.78 Å². The molecule has 1 aliphatic heterocycles. The highest BCUT2D eigenvalue weighted by Gasteiger charge is 2.29. The Morgan fingerprint density at radius 3 is 2.58 bits per heavy atom. The molecule has 0 bridgehead atoms. The molecule has 0 spiro atoms. The van der Waals surface area contributed by atoms with E-state index in [1.54, 1.807) is 24.4 Å². The molecular weight excluding hydrogens is 359 g/mol. The Morgan fingerprint density at radius 1 is 1.19 bits per heavy atom. The van der Waals surface area contributed by atoms with Crippen molar-refractivity contribution in [1.29, 1.82) is 0 Å². The number of carbonyl (C=O) groups is 1. The van der Waals surface area contributed by atoms with Gasteiger partial charge in [0.05, 0.1) is 18.0 Å². The zero-order valence-corrected chi connectivity index (χ0v) is 14.6. The number of rotatable bonds is 4. The normalized spacial score (nSPS) is 15.8. The molecule has 0 saturated carbocycles. The number of aromatic nitrogens is 1. The van der Waals surface area contributed by atoms with Gasteiger partial charge in [0.2, 0.25) is 0 Å². The van der Waals surface area contributed by atoms with E-state index in [0.29, 0.717) is 11.3 Å². The van der Waals surface area contributed by atoms with Crippen LogP contribution in [0.2, 0.25) is 0 Å². The molecule has 1 aromatic carbocycles. The summed E-state index contributed by atoms with van der Waals surface area (Å²) in [6.45, 7) is 0.147. The molecule has 1 N–H and O–H groups in total. The van der Waals surface area contributed by atoms with Gasteiger partial charge in [-0.2, -0.15) is 8.42 Å². The molecule has 2 aromatic rings. The zero-order chi connectivity index (χ0) is 18.7. The molecule has 0 aliphatic carbocycles. The third-order valence-corrected chi connectivity index (χ3v) is 5.02. The monoisotopic (exact) mass is 374 g/mol. The molecule has 9 heteroatoms. The van der Waals surface area contributed by atoms with Gasteiger partial charge in [0.15, 0.2) is 0 Å². The number of hydrogen-bond acceptors (Lipinski definition) is 4. The fraction of sp³-hybridized carbons (Fsp3) is 0.118. The molecule has 0 fully saturated rings. The van der Waals surface area contributed by atoms with Crippen molar-refractivity contribution in [3.05, 3.63) is 77.5 Å². The van der Waals surface area contributed by atoms with Gasteiger partial charge in [0.1, 0.15) is 11.5 Å². The molecular formula is C17H15FN4O3S. The smallest absolute Gasteiger partial charge is 0.345 e. The lowest BCUT2D eigenvalue weighted by atomic mass is 10.1. The first-order valence-corrected chi connectivity index (χ1v) is 9.01. The van der Waals surface area contributed by atoms with E-state index in [4.69, 9.17) is 0 Å². The molecule has 26 heavy (non-hydrogen) atoms. The molecule has 7 nitrogen and oxygen atoms in total. The van der Waals surface area contributed by atoms with Crippen molar-refractivity contribution >= 4 is 21.8 Å². The Morgan fingerprint density at radius 2 is 1.92 bits per heavy atom. The number of nitrogens with one attached hydrogen (secondary N) is 1. The lowest BCUT2D eigenvalue weighted by Gasteiger charge is -2.23. The predicted octanol–water partition coefficient (Wildman–Crippen LogP) is 1.40. The van der Waals surface area contributed by atoms with Gasteiger partial charge in [-0.25, -0.2) is 8.70 Å². The van der Waals surface area contributed by atoms with Crippen molar-refractivity contribution in [3.8, 4) is 0 Å². The van der Waals surface area contributed by atoms with Crippen LogP contribution in [-0.4, -0.2) is 36.4 Å². The van der Waals surface area contributed by atoms with Crippen LogP contribution in [0.1, 0.15) is 11.3 Å². The molecule has 0 atom stereocenters. The van der Waals surface area contributed by atoms with Gasteiger partial charge in [0.25, 0.3) is 5.91 Å². The number of amides is 1. The summed E-state index contributed by atoms with van der Waals surface area (Å²) < 4.78 is 42.1. The molecule has 2 heterocycles. The minimum absolute atomic E-state index is 0.0612. The Balaban J connectivity index is 1.87. The van der Waals surface area contributed by atoms with Crippen LogP contribution in [-0.2, 0) is 21.5 Å². The van der Waals surface area contributed by atoms with Crippen LogP contribution in [0.4, 0.5) is 4.39 Å². The van der Waals surface area contributed by atoms with E-state index in [9.17, 15) is 17.6 Å². The summed E-state index contributed by atoms with van der Waals surface area (Å²) in [6, 6.07) is 10.4. The van der Waals surface area contributed by atoms with Crippen LogP contribution in [0, 0.1) is 5.82 Å². The largest absolute Gasteiger partial charge is 0.345 e. The van der Waals surface area contributed by atoms with Crippen LogP contribution < -0.4 is 5.32 Å². The summed E-state index contributed by atoms with van der Waals surface area (Å²) in [6.07, 6.45) is 2.94. The standard InChI is InChI=1S/C17H15FN4O3S/c1-22-16(17(23)20-11-14-4-2-3-9-19-14)10-15(21-26(22,24)25)12-5-7-13(18)8-6-12/h2-10H,11H2,1H3,(H,20,23). The zero-order valence-electron chi connectivity index (χ0n) is 13.8. The highest BCUT2D eigenvalue weighted by atomic mass is 32.2. The van der Waals surface area contributed by atoms with Crippen molar-refractivity contribution in [1.82, 2.24) is 14.6 Å². The molecule has 0 radical (unpaired) electrons. The van der Waals surface area contributed by atoms with Crippen molar-refractivity contribution < 1.29 is 17.6 Å². The Kier molecular flexibility index (Phi) is 4.81. The van der Waals surface area contributed by atoms with E-state index >= 15 is 0 Å². The quantitative estimate of drug-likeness (QED) is 0.876. The van der Waals surface area contributed by atoms with Gasteiger partial charge >= 0.3 is 10.2 Å². The minimum atomic E-state index is -4.06. The highest BCUT2D eigenvalue weighted by molar-refractivity contribution is 7.88. The second-order valence-corrected chi connectivity index (χ2v) is 7.09. The molecule has 1 aromatic heterocycles. The lowest BCUT2D eigenvalue weighted by Crippen LogP contribution is -2.38. The average Bonchev–Trinajstić information content (AvgIpc) is 2.63. The van der Waals surface area contributed by atoms with Crippen LogP contribution >= 0.6 is 0 Å². The Labute approximate surface area is 150 Å². The number of allylic oxidation sites excluding steroid dienone is 1. The van der Waals surface area contributed by atoms with Gasteiger partial charge < -0.3 is 5.32 Å². The van der Waals surface area contributed by atoms with E-state index < -0.39 is 21.9 Å². The molecule has 1 aliphatic rings. The maximum absolute atomic E-state index is 13.1. The maximum Gasteiger partial charge on any atom is 0.345 e. The topological polar surface area (TPSA) is 91.7 Å². The van der Waals surface area contributed by atoms with E-state index in [1.165, 1.54) is 37.4 Å².